The second-order valence-electron chi connectivity index (χ2n) is 5.75. The summed E-state index contributed by atoms with van der Waals surface area (Å²) in [7, 11) is 0. The molecule has 1 aliphatic heterocycles. The first-order valence-corrected chi connectivity index (χ1v) is 6.93. The first-order chi connectivity index (χ1) is 10.3. The normalized spacial score (nSPS) is 24.0. The molecule has 0 fully saturated rings. The molecule has 1 N–H and O–H groups in total. The van der Waals surface area contributed by atoms with Crippen molar-refractivity contribution in [1.82, 2.24) is 9.36 Å². The van der Waals surface area contributed by atoms with Crippen LogP contribution < -0.4 is 11.1 Å². The molecule has 1 aliphatic rings. The molecule has 3 rings (SSSR count). The van der Waals surface area contributed by atoms with Crippen molar-refractivity contribution in [2.75, 3.05) is 0 Å². The summed E-state index contributed by atoms with van der Waals surface area (Å²) in [6, 6.07) is 6.53. The van der Waals surface area contributed by atoms with Gasteiger partial charge in [0.2, 0.25) is 0 Å². The highest BCUT2D eigenvalue weighted by atomic mass is 16.6. The van der Waals surface area contributed by atoms with Crippen molar-refractivity contribution < 1.29 is 14.6 Å². The minimum absolute atomic E-state index is 0.0640. The Labute approximate surface area is 125 Å². The van der Waals surface area contributed by atoms with Gasteiger partial charge in [-0.2, -0.15) is 0 Å². The molecular weight excluding hydrogens is 288 g/mol. The maximum Gasteiger partial charge on any atom is 0.303 e. The van der Waals surface area contributed by atoms with Gasteiger partial charge in [-0.15, -0.1) is 0 Å². The van der Waals surface area contributed by atoms with E-state index in [-0.39, 0.29) is 24.2 Å². The van der Waals surface area contributed by atoms with Crippen LogP contribution in [-0.2, 0) is 22.6 Å². The third-order valence-electron chi connectivity index (χ3n) is 3.96. The Morgan fingerprint density at radius 2 is 1.77 bits per heavy atom. The molecule has 0 bridgehead atoms. The predicted molar refractivity (Wildman–Crippen MR) is 78.6 cm³/mol. The minimum atomic E-state index is -1.43. The lowest BCUT2D eigenvalue weighted by molar-refractivity contribution is -0.171. The zero-order valence-electron chi connectivity index (χ0n) is 12.3. The van der Waals surface area contributed by atoms with Crippen molar-refractivity contribution in [3.8, 4) is 0 Å². The van der Waals surface area contributed by atoms with E-state index in [2.05, 4.69) is 0 Å². The van der Waals surface area contributed by atoms with E-state index in [9.17, 15) is 19.5 Å². The van der Waals surface area contributed by atoms with Gasteiger partial charge in [0, 0.05) is 6.92 Å². The van der Waals surface area contributed by atoms with Crippen molar-refractivity contribution in [3.63, 3.8) is 0 Å². The highest BCUT2D eigenvalue weighted by molar-refractivity contribution is 5.80. The average Bonchev–Trinajstić information content (AvgIpc) is 2.46. The van der Waals surface area contributed by atoms with Gasteiger partial charge in [-0.25, -0.2) is 9.36 Å². The standard InChI is InChI=1S/C15H16N2O5/c1-9(18)22-12-7-16-13(19)10-5-3-4-6-11(10)14(20)17(16)8-15(12,2)21/h3-6,12,21H,7-8H2,1-2H3/t12-,15+/m0/s1. The van der Waals surface area contributed by atoms with Crippen LogP contribution in [0.1, 0.15) is 13.8 Å². The average molecular weight is 304 g/mol. The Bertz CT molecular complexity index is 878. The Morgan fingerprint density at radius 3 is 2.32 bits per heavy atom. The molecule has 7 nitrogen and oxygen atoms in total. The van der Waals surface area contributed by atoms with E-state index in [1.807, 2.05) is 0 Å². The van der Waals surface area contributed by atoms with Gasteiger partial charge in [-0.1, -0.05) is 12.1 Å². The SMILES string of the molecule is CC(=O)O[C@H]1Cn2c(=O)c3ccccc3c(=O)n2C[C@@]1(C)O. The van der Waals surface area contributed by atoms with E-state index in [1.54, 1.807) is 24.3 Å². The molecule has 0 amide bonds. The van der Waals surface area contributed by atoms with Gasteiger partial charge in [0.15, 0.2) is 6.10 Å². The fourth-order valence-electron chi connectivity index (χ4n) is 2.82. The van der Waals surface area contributed by atoms with Gasteiger partial charge < -0.3 is 9.84 Å². The number of hydrogen-bond acceptors (Lipinski definition) is 5. The molecular formula is C15H16N2O5. The Morgan fingerprint density at radius 1 is 1.23 bits per heavy atom. The molecule has 0 saturated heterocycles. The smallest absolute Gasteiger partial charge is 0.303 e. The first-order valence-electron chi connectivity index (χ1n) is 6.93. The molecule has 22 heavy (non-hydrogen) atoms. The quantitative estimate of drug-likeness (QED) is 0.741. The number of esters is 1. The number of benzene rings is 1. The summed E-state index contributed by atoms with van der Waals surface area (Å²) in [4.78, 5) is 36.3. The van der Waals surface area contributed by atoms with Gasteiger partial charge in [0.05, 0.1) is 23.9 Å². The van der Waals surface area contributed by atoms with E-state index in [0.717, 1.165) is 0 Å². The lowest BCUT2D eigenvalue weighted by Gasteiger charge is -2.38. The fraction of sp³-hybridized carbons (Fsp3) is 0.400. The molecule has 0 saturated carbocycles. The summed E-state index contributed by atoms with van der Waals surface area (Å²) in [5.41, 5.74) is -2.12. The topological polar surface area (TPSA) is 90.5 Å². The highest BCUT2D eigenvalue weighted by Gasteiger charge is 2.41. The summed E-state index contributed by atoms with van der Waals surface area (Å²) >= 11 is 0. The van der Waals surface area contributed by atoms with Crippen molar-refractivity contribution in [3.05, 3.63) is 45.0 Å². The number of rotatable bonds is 1. The second kappa shape index (κ2) is 4.81. The molecule has 116 valence electrons. The number of carbonyl (C=O) groups is 1. The number of aromatic nitrogens is 2. The molecule has 2 heterocycles. The van der Waals surface area contributed by atoms with Crippen LogP contribution in [-0.4, -0.2) is 32.1 Å². The van der Waals surface area contributed by atoms with Crippen molar-refractivity contribution in [1.29, 1.82) is 0 Å². The van der Waals surface area contributed by atoms with E-state index in [4.69, 9.17) is 4.74 Å². The summed E-state index contributed by atoms with van der Waals surface area (Å²) in [5.74, 6) is -0.546. The van der Waals surface area contributed by atoms with Crippen molar-refractivity contribution >= 4 is 16.7 Å². The van der Waals surface area contributed by atoms with Gasteiger partial charge in [-0.3, -0.25) is 14.4 Å². The zero-order valence-corrected chi connectivity index (χ0v) is 12.3. The molecule has 0 aliphatic carbocycles. The molecule has 1 aromatic carbocycles. The van der Waals surface area contributed by atoms with E-state index < -0.39 is 17.7 Å². The fourth-order valence-corrected chi connectivity index (χ4v) is 2.82. The third-order valence-corrected chi connectivity index (χ3v) is 3.96. The number of hydrogen-bond donors (Lipinski definition) is 1. The Balaban J connectivity index is 2.25. The number of carbonyl (C=O) groups excluding carboxylic acids is 1. The van der Waals surface area contributed by atoms with E-state index in [0.29, 0.717) is 10.8 Å². The van der Waals surface area contributed by atoms with Crippen LogP contribution in [0.15, 0.2) is 33.9 Å². The van der Waals surface area contributed by atoms with Crippen LogP contribution in [0.3, 0.4) is 0 Å². The second-order valence-corrected chi connectivity index (χ2v) is 5.75. The molecule has 0 radical (unpaired) electrons. The van der Waals surface area contributed by atoms with E-state index >= 15 is 0 Å². The summed E-state index contributed by atoms with van der Waals surface area (Å²) < 4.78 is 7.55. The van der Waals surface area contributed by atoms with Gasteiger partial charge >= 0.3 is 5.97 Å². The third kappa shape index (κ3) is 2.14. The maximum atomic E-state index is 12.5. The number of nitrogens with zero attached hydrogens (tertiary/aromatic N) is 2. The number of ether oxygens (including phenoxy) is 1. The van der Waals surface area contributed by atoms with Crippen LogP contribution in [0.5, 0.6) is 0 Å². The first kappa shape index (κ1) is 14.5. The zero-order chi connectivity index (χ0) is 16.1. The van der Waals surface area contributed by atoms with Crippen LogP contribution in [0.25, 0.3) is 10.8 Å². The molecule has 0 unspecified atom stereocenters. The van der Waals surface area contributed by atoms with E-state index in [1.165, 1.54) is 23.2 Å². The van der Waals surface area contributed by atoms with Crippen LogP contribution in [0, 0.1) is 0 Å². The lowest BCUT2D eigenvalue weighted by atomic mass is 9.97. The molecule has 0 spiro atoms. The van der Waals surface area contributed by atoms with Gasteiger partial charge in [0.25, 0.3) is 11.1 Å². The predicted octanol–water partition coefficient (Wildman–Crippen LogP) is -0.141. The molecule has 1 aromatic heterocycles. The molecule has 7 heteroatoms. The molecule has 2 aromatic rings. The largest absolute Gasteiger partial charge is 0.457 e. The number of aliphatic hydroxyl groups is 1. The summed E-state index contributed by atoms with van der Waals surface area (Å²) in [5, 5.41) is 11.1. The van der Waals surface area contributed by atoms with Gasteiger partial charge in [0.1, 0.15) is 5.60 Å². The minimum Gasteiger partial charge on any atom is -0.457 e. The number of fused-ring (bicyclic) bond motifs is 2. The Hall–Kier alpha value is -2.41. The summed E-state index contributed by atoms with van der Waals surface area (Å²) in [6.07, 6.45) is -0.886. The lowest BCUT2D eigenvalue weighted by Crippen LogP contribution is -2.58. The molecule has 2 atom stereocenters. The van der Waals surface area contributed by atoms with Crippen LogP contribution >= 0.6 is 0 Å². The highest BCUT2D eigenvalue weighted by Crippen LogP contribution is 2.22. The van der Waals surface area contributed by atoms with Crippen molar-refractivity contribution in [2.45, 2.75) is 38.6 Å². The van der Waals surface area contributed by atoms with Crippen LogP contribution in [0.2, 0.25) is 0 Å². The maximum absolute atomic E-state index is 12.5. The van der Waals surface area contributed by atoms with Crippen LogP contribution in [0.4, 0.5) is 0 Å². The van der Waals surface area contributed by atoms with Gasteiger partial charge in [-0.05, 0) is 19.1 Å². The monoisotopic (exact) mass is 304 g/mol. The summed E-state index contributed by atoms with van der Waals surface area (Å²) in [6.45, 7) is 2.53. The van der Waals surface area contributed by atoms with Crippen molar-refractivity contribution in [2.24, 2.45) is 0 Å². The Kier molecular flexibility index (Phi) is 3.17.